The highest BCUT2D eigenvalue weighted by atomic mass is 32.2. The van der Waals surface area contributed by atoms with E-state index in [2.05, 4.69) is 0 Å². The van der Waals surface area contributed by atoms with E-state index in [0.29, 0.717) is 28.7 Å². The Kier molecular flexibility index (Phi) is 6.05. The van der Waals surface area contributed by atoms with E-state index in [1.54, 1.807) is 36.6 Å². The number of sulfonamides is 1. The normalized spacial score (nSPS) is 11.4. The van der Waals surface area contributed by atoms with Gasteiger partial charge in [-0.3, -0.25) is 4.79 Å². The van der Waals surface area contributed by atoms with Crippen molar-refractivity contribution in [1.29, 1.82) is 0 Å². The Morgan fingerprint density at radius 3 is 2.23 bits per heavy atom. The third-order valence-corrected chi connectivity index (χ3v) is 5.57. The summed E-state index contributed by atoms with van der Waals surface area (Å²) in [5.74, 6) is -3.74. The molecule has 0 saturated carbocycles. The van der Waals surface area contributed by atoms with Crippen LogP contribution in [0.4, 0.5) is 8.78 Å². The van der Waals surface area contributed by atoms with Crippen LogP contribution in [0.3, 0.4) is 0 Å². The summed E-state index contributed by atoms with van der Waals surface area (Å²) >= 11 is 0. The molecular weight excluding hydrogens is 430 g/mol. The summed E-state index contributed by atoms with van der Waals surface area (Å²) in [4.78, 5) is 24.5. The van der Waals surface area contributed by atoms with Gasteiger partial charge in [0.1, 0.15) is 0 Å². The zero-order chi connectivity index (χ0) is 22.9. The zero-order valence-electron chi connectivity index (χ0n) is 16.6. The fourth-order valence-electron chi connectivity index (χ4n) is 3.14. The van der Waals surface area contributed by atoms with Gasteiger partial charge in [-0.15, -0.1) is 0 Å². The quantitative estimate of drug-likeness (QED) is 0.461. The lowest BCUT2D eigenvalue weighted by atomic mass is 10.1. The van der Waals surface area contributed by atoms with Crippen LogP contribution in [-0.2, 0) is 14.8 Å². The lowest BCUT2D eigenvalue weighted by Crippen LogP contribution is -2.15. The minimum absolute atomic E-state index is 0.0424. The molecule has 10 heteroatoms. The first-order valence-electron chi connectivity index (χ1n) is 8.96. The maximum atomic E-state index is 13.3. The fourth-order valence-corrected chi connectivity index (χ4v) is 3.66. The van der Waals surface area contributed by atoms with Crippen molar-refractivity contribution in [1.82, 2.24) is 4.57 Å². The molecule has 0 aliphatic rings. The summed E-state index contributed by atoms with van der Waals surface area (Å²) in [6, 6.07) is 9.97. The van der Waals surface area contributed by atoms with Crippen molar-refractivity contribution >= 4 is 21.8 Å². The Morgan fingerprint density at radius 2 is 1.65 bits per heavy atom. The van der Waals surface area contributed by atoms with Crippen LogP contribution in [0.2, 0.25) is 0 Å². The van der Waals surface area contributed by atoms with Gasteiger partial charge in [-0.05, 0) is 62.4 Å². The molecule has 0 unspecified atom stereocenters. The average Bonchev–Trinajstić information content (AvgIpc) is 3.01. The van der Waals surface area contributed by atoms with Crippen molar-refractivity contribution in [3.63, 3.8) is 0 Å². The predicted octanol–water partition coefficient (Wildman–Crippen LogP) is 3.06. The van der Waals surface area contributed by atoms with E-state index in [4.69, 9.17) is 9.88 Å². The van der Waals surface area contributed by atoms with Crippen molar-refractivity contribution in [2.75, 3.05) is 6.61 Å². The maximum Gasteiger partial charge on any atom is 0.338 e. The highest BCUT2D eigenvalue weighted by molar-refractivity contribution is 7.89. The number of halogens is 2. The van der Waals surface area contributed by atoms with Gasteiger partial charge in [0.25, 0.3) is 0 Å². The molecule has 1 aromatic heterocycles. The van der Waals surface area contributed by atoms with Gasteiger partial charge in [0.2, 0.25) is 15.8 Å². The van der Waals surface area contributed by atoms with Crippen LogP contribution in [0.5, 0.6) is 0 Å². The fraction of sp³-hybridized carbons (Fsp3) is 0.143. The molecule has 7 nitrogen and oxygen atoms in total. The summed E-state index contributed by atoms with van der Waals surface area (Å²) in [5, 5.41) is 5.10. The second-order valence-corrected chi connectivity index (χ2v) is 8.35. The van der Waals surface area contributed by atoms with Crippen LogP contribution in [0.1, 0.15) is 32.1 Å². The molecule has 0 aliphatic carbocycles. The molecule has 0 bridgehead atoms. The van der Waals surface area contributed by atoms with Crippen molar-refractivity contribution in [2.24, 2.45) is 5.14 Å². The number of carbonyl (C=O) groups excluding carboxylic acids is 2. The monoisotopic (exact) mass is 448 g/mol. The number of nitrogens with two attached hydrogens (primary N) is 1. The standard InChI is InChI=1S/C21H18F2N2O5S/c1-12-9-17(13(2)25(12)15-4-6-16(7-5-15)31(24,28)29)20(26)11-30-21(27)14-3-8-18(22)19(23)10-14/h3-10H,11H2,1-2H3,(H2,24,28,29). The highest BCUT2D eigenvalue weighted by Crippen LogP contribution is 2.22. The zero-order valence-corrected chi connectivity index (χ0v) is 17.4. The summed E-state index contributed by atoms with van der Waals surface area (Å²) in [6.07, 6.45) is 0. The van der Waals surface area contributed by atoms with E-state index in [1.807, 2.05) is 0 Å². The number of hydrogen-bond donors (Lipinski definition) is 1. The van der Waals surface area contributed by atoms with Gasteiger partial charge in [0, 0.05) is 22.6 Å². The second kappa shape index (κ2) is 8.40. The van der Waals surface area contributed by atoms with E-state index < -0.39 is 40.0 Å². The number of Topliss-reactive ketones (excluding diaryl/α,β-unsaturated/α-hetero) is 1. The number of benzene rings is 2. The summed E-state index contributed by atoms with van der Waals surface area (Å²) in [6.45, 7) is 2.85. The van der Waals surface area contributed by atoms with Gasteiger partial charge >= 0.3 is 5.97 Å². The number of ether oxygens (including phenoxy) is 1. The Morgan fingerprint density at radius 1 is 1.00 bits per heavy atom. The molecule has 0 fully saturated rings. The minimum atomic E-state index is -3.83. The molecule has 0 spiro atoms. The van der Waals surface area contributed by atoms with Crippen LogP contribution in [0.15, 0.2) is 53.4 Å². The van der Waals surface area contributed by atoms with Gasteiger partial charge in [0.05, 0.1) is 10.5 Å². The smallest absolute Gasteiger partial charge is 0.338 e. The number of ketones is 1. The molecule has 0 aliphatic heterocycles. The summed E-state index contributed by atoms with van der Waals surface area (Å²) < 4.78 is 55.7. The van der Waals surface area contributed by atoms with Crippen LogP contribution in [0, 0.1) is 25.5 Å². The molecule has 0 atom stereocenters. The topological polar surface area (TPSA) is 108 Å². The van der Waals surface area contributed by atoms with Gasteiger partial charge < -0.3 is 9.30 Å². The van der Waals surface area contributed by atoms with E-state index in [1.165, 1.54) is 12.1 Å². The Labute approximate surface area is 177 Å². The second-order valence-electron chi connectivity index (χ2n) is 6.79. The number of esters is 1. The first-order chi connectivity index (χ1) is 14.5. The molecule has 0 radical (unpaired) electrons. The molecule has 3 rings (SSSR count). The van der Waals surface area contributed by atoms with E-state index in [-0.39, 0.29) is 10.5 Å². The van der Waals surface area contributed by atoms with Crippen molar-refractivity contribution in [3.05, 3.63) is 82.7 Å². The van der Waals surface area contributed by atoms with Gasteiger partial charge in [0.15, 0.2) is 18.2 Å². The molecule has 162 valence electrons. The van der Waals surface area contributed by atoms with E-state index >= 15 is 0 Å². The Bertz CT molecular complexity index is 1280. The molecule has 0 saturated heterocycles. The first-order valence-corrected chi connectivity index (χ1v) is 10.5. The largest absolute Gasteiger partial charge is 0.454 e. The van der Waals surface area contributed by atoms with Gasteiger partial charge in [-0.25, -0.2) is 27.1 Å². The van der Waals surface area contributed by atoms with E-state index in [0.717, 1.165) is 12.1 Å². The lowest BCUT2D eigenvalue weighted by Gasteiger charge is -2.10. The highest BCUT2D eigenvalue weighted by Gasteiger charge is 2.19. The van der Waals surface area contributed by atoms with Crippen LogP contribution in [0.25, 0.3) is 5.69 Å². The molecular formula is C21H18F2N2O5S. The van der Waals surface area contributed by atoms with E-state index in [9.17, 15) is 26.8 Å². The summed E-state index contributed by atoms with van der Waals surface area (Å²) in [7, 11) is -3.83. The number of rotatable bonds is 6. The average molecular weight is 448 g/mol. The van der Waals surface area contributed by atoms with Crippen molar-refractivity contribution < 1.29 is 31.5 Å². The molecule has 2 N–H and O–H groups in total. The van der Waals surface area contributed by atoms with Crippen molar-refractivity contribution in [2.45, 2.75) is 18.7 Å². The Balaban J connectivity index is 1.78. The van der Waals surface area contributed by atoms with Crippen LogP contribution < -0.4 is 5.14 Å². The Hall–Kier alpha value is -3.37. The molecule has 1 heterocycles. The van der Waals surface area contributed by atoms with Crippen LogP contribution >= 0.6 is 0 Å². The molecule has 2 aromatic carbocycles. The third kappa shape index (κ3) is 4.70. The number of nitrogens with zero attached hydrogens (tertiary/aromatic N) is 1. The van der Waals surface area contributed by atoms with Crippen LogP contribution in [-0.4, -0.2) is 31.3 Å². The van der Waals surface area contributed by atoms with Crippen molar-refractivity contribution in [3.8, 4) is 5.69 Å². The lowest BCUT2D eigenvalue weighted by molar-refractivity contribution is 0.0474. The number of primary sulfonamides is 1. The third-order valence-electron chi connectivity index (χ3n) is 4.64. The van der Waals surface area contributed by atoms with Gasteiger partial charge in [-0.2, -0.15) is 0 Å². The number of hydrogen-bond acceptors (Lipinski definition) is 5. The number of aromatic nitrogens is 1. The van der Waals surface area contributed by atoms with Gasteiger partial charge in [-0.1, -0.05) is 0 Å². The SMILES string of the molecule is Cc1cc(C(=O)COC(=O)c2ccc(F)c(F)c2)c(C)n1-c1ccc(S(N)(=O)=O)cc1. The maximum absolute atomic E-state index is 13.3. The predicted molar refractivity (Wildman–Crippen MR) is 108 cm³/mol. The molecule has 31 heavy (non-hydrogen) atoms. The summed E-state index contributed by atoms with van der Waals surface area (Å²) in [5.41, 5.74) is 1.93. The number of carbonyl (C=O) groups is 2. The molecule has 3 aromatic rings. The first kappa shape index (κ1) is 22.3. The minimum Gasteiger partial charge on any atom is -0.454 e. The molecule has 0 amide bonds. The number of aryl methyl sites for hydroxylation is 1.